The molecule has 146 valence electrons. The summed E-state index contributed by atoms with van der Waals surface area (Å²) in [5.41, 5.74) is 2.63. The molecule has 1 fully saturated rings. The molecule has 0 aliphatic carbocycles. The average Bonchev–Trinajstić information content (AvgIpc) is 3.02. The van der Waals surface area contributed by atoms with Gasteiger partial charge in [-0.1, -0.05) is 42.1 Å². The lowest BCUT2D eigenvalue weighted by Gasteiger charge is -2.32. The molecule has 1 aromatic carbocycles. The Morgan fingerprint density at radius 1 is 1.18 bits per heavy atom. The first-order chi connectivity index (χ1) is 13.6. The molecule has 0 saturated carbocycles. The zero-order chi connectivity index (χ0) is 19.5. The van der Waals surface area contributed by atoms with Gasteiger partial charge in [0.2, 0.25) is 5.91 Å². The highest BCUT2D eigenvalue weighted by molar-refractivity contribution is 8.00. The summed E-state index contributed by atoms with van der Waals surface area (Å²) in [5.74, 6) is 1.35. The first-order valence-corrected chi connectivity index (χ1v) is 11.6. The fourth-order valence-electron chi connectivity index (χ4n) is 3.81. The molecule has 0 N–H and O–H groups in total. The summed E-state index contributed by atoms with van der Waals surface area (Å²) in [6, 6.07) is 10.7. The van der Waals surface area contributed by atoms with Crippen molar-refractivity contribution >= 4 is 39.2 Å². The van der Waals surface area contributed by atoms with Crippen LogP contribution in [0.3, 0.4) is 0 Å². The molecular formula is C22H25N3OS2. The predicted molar refractivity (Wildman–Crippen MR) is 117 cm³/mol. The molecule has 1 aliphatic rings. The lowest BCUT2D eigenvalue weighted by molar-refractivity contribution is -0.129. The van der Waals surface area contributed by atoms with E-state index in [9.17, 15) is 4.79 Å². The van der Waals surface area contributed by atoms with Crippen LogP contribution in [-0.2, 0) is 11.2 Å². The van der Waals surface area contributed by atoms with Crippen LogP contribution in [0.2, 0.25) is 0 Å². The molecule has 4 nitrogen and oxygen atoms in total. The number of carbonyl (C=O) groups excluding carboxylic acids is 1. The van der Waals surface area contributed by atoms with E-state index in [2.05, 4.69) is 54.1 Å². The summed E-state index contributed by atoms with van der Waals surface area (Å²) in [4.78, 5) is 25.9. The van der Waals surface area contributed by atoms with Crippen molar-refractivity contribution in [3.05, 3.63) is 52.7 Å². The summed E-state index contributed by atoms with van der Waals surface area (Å²) in [6.45, 7) is 5.96. The summed E-state index contributed by atoms with van der Waals surface area (Å²) in [5, 5.41) is 2.04. The van der Waals surface area contributed by atoms with Crippen LogP contribution < -0.4 is 0 Å². The van der Waals surface area contributed by atoms with E-state index >= 15 is 0 Å². The molecular weight excluding hydrogens is 386 g/mol. The number of likely N-dealkylation sites (tertiary alicyclic amines) is 1. The molecule has 0 unspecified atom stereocenters. The molecule has 6 heteroatoms. The maximum Gasteiger partial charge on any atom is 0.232 e. The lowest BCUT2D eigenvalue weighted by Crippen LogP contribution is -2.39. The molecule has 0 radical (unpaired) electrons. The lowest BCUT2D eigenvalue weighted by atomic mass is 9.90. The number of thiophene rings is 1. The van der Waals surface area contributed by atoms with Crippen molar-refractivity contribution in [2.45, 2.75) is 38.1 Å². The first-order valence-electron chi connectivity index (χ1n) is 9.77. The Morgan fingerprint density at radius 2 is 1.93 bits per heavy atom. The van der Waals surface area contributed by atoms with Crippen LogP contribution in [0.1, 0.15) is 28.8 Å². The van der Waals surface area contributed by atoms with Crippen molar-refractivity contribution in [1.29, 1.82) is 0 Å². The number of nitrogens with zero attached hydrogens (tertiary/aromatic N) is 3. The molecule has 0 spiro atoms. The zero-order valence-electron chi connectivity index (χ0n) is 16.4. The molecule has 0 bridgehead atoms. The number of piperidine rings is 1. The van der Waals surface area contributed by atoms with Gasteiger partial charge in [0.1, 0.15) is 16.2 Å². The Bertz CT molecular complexity index is 963. The van der Waals surface area contributed by atoms with Crippen LogP contribution in [0, 0.1) is 19.8 Å². The number of fused-ring (bicyclic) bond motifs is 1. The van der Waals surface area contributed by atoms with Gasteiger partial charge in [-0.2, -0.15) is 0 Å². The third-order valence-corrected chi connectivity index (χ3v) is 7.69. The fraction of sp³-hybridized carbons (Fsp3) is 0.409. The van der Waals surface area contributed by atoms with Gasteiger partial charge < -0.3 is 4.90 Å². The van der Waals surface area contributed by atoms with Crippen molar-refractivity contribution in [2.24, 2.45) is 5.92 Å². The number of amides is 1. The van der Waals surface area contributed by atoms with Crippen molar-refractivity contribution in [1.82, 2.24) is 14.9 Å². The second-order valence-electron chi connectivity index (χ2n) is 7.44. The Balaban J connectivity index is 1.32. The zero-order valence-corrected chi connectivity index (χ0v) is 18.0. The smallest absolute Gasteiger partial charge is 0.232 e. The average molecular weight is 412 g/mol. The Kier molecular flexibility index (Phi) is 5.97. The minimum Gasteiger partial charge on any atom is -0.342 e. The van der Waals surface area contributed by atoms with Gasteiger partial charge in [-0.15, -0.1) is 11.3 Å². The summed E-state index contributed by atoms with van der Waals surface area (Å²) in [7, 11) is 0. The second kappa shape index (κ2) is 8.62. The molecule has 1 saturated heterocycles. The monoisotopic (exact) mass is 411 g/mol. The van der Waals surface area contributed by atoms with Crippen LogP contribution in [-0.4, -0.2) is 39.6 Å². The van der Waals surface area contributed by atoms with Crippen molar-refractivity contribution in [3.8, 4) is 0 Å². The van der Waals surface area contributed by atoms with Crippen molar-refractivity contribution < 1.29 is 4.79 Å². The highest BCUT2D eigenvalue weighted by Gasteiger charge is 2.23. The van der Waals surface area contributed by atoms with Gasteiger partial charge in [-0.05, 0) is 50.2 Å². The molecule has 3 heterocycles. The molecule has 3 aromatic rings. The number of carbonyl (C=O) groups is 1. The van der Waals surface area contributed by atoms with Crippen LogP contribution in [0.4, 0.5) is 0 Å². The van der Waals surface area contributed by atoms with E-state index in [4.69, 9.17) is 0 Å². The normalized spacial score (nSPS) is 15.3. The van der Waals surface area contributed by atoms with E-state index in [-0.39, 0.29) is 5.91 Å². The number of benzene rings is 1. The topological polar surface area (TPSA) is 46.1 Å². The van der Waals surface area contributed by atoms with Gasteiger partial charge in [-0.3, -0.25) is 4.79 Å². The molecule has 1 amide bonds. The highest BCUT2D eigenvalue weighted by atomic mass is 32.2. The van der Waals surface area contributed by atoms with E-state index in [1.807, 2.05) is 4.90 Å². The molecule has 28 heavy (non-hydrogen) atoms. The minimum atomic E-state index is 0.222. The number of thioether (sulfide) groups is 1. The van der Waals surface area contributed by atoms with Gasteiger partial charge in [0.15, 0.2) is 0 Å². The minimum absolute atomic E-state index is 0.222. The van der Waals surface area contributed by atoms with Crippen LogP contribution >= 0.6 is 23.1 Å². The van der Waals surface area contributed by atoms with E-state index in [0.29, 0.717) is 11.7 Å². The SMILES string of the molecule is Cc1sc2ncnc(SCC(=O)N3CCC(Cc4ccccc4)CC3)c2c1C. The molecule has 0 atom stereocenters. The maximum atomic E-state index is 12.7. The van der Waals surface area contributed by atoms with Crippen LogP contribution in [0.15, 0.2) is 41.7 Å². The van der Waals surface area contributed by atoms with Crippen molar-refractivity contribution in [2.75, 3.05) is 18.8 Å². The predicted octanol–water partition coefficient (Wildman–Crippen LogP) is 4.88. The largest absolute Gasteiger partial charge is 0.342 e. The number of rotatable bonds is 5. The second-order valence-corrected chi connectivity index (χ2v) is 9.61. The van der Waals surface area contributed by atoms with E-state index in [1.54, 1.807) is 29.4 Å². The van der Waals surface area contributed by atoms with Gasteiger partial charge >= 0.3 is 0 Å². The Hall–Kier alpha value is -1.92. The van der Waals surface area contributed by atoms with Gasteiger partial charge in [0.25, 0.3) is 0 Å². The number of hydrogen-bond acceptors (Lipinski definition) is 5. The standard InChI is InChI=1S/C22H25N3OS2/c1-15-16(2)28-22-20(15)21(23-14-24-22)27-13-19(26)25-10-8-18(9-11-25)12-17-6-4-3-5-7-17/h3-7,14,18H,8-13H2,1-2H3. The van der Waals surface area contributed by atoms with Gasteiger partial charge in [0.05, 0.1) is 5.75 Å². The fourth-order valence-corrected chi connectivity index (χ4v) is 5.83. The molecule has 1 aliphatic heterocycles. The summed E-state index contributed by atoms with van der Waals surface area (Å²) in [6.07, 6.45) is 4.91. The third-order valence-electron chi connectivity index (χ3n) is 5.60. The van der Waals surface area contributed by atoms with E-state index < -0.39 is 0 Å². The van der Waals surface area contributed by atoms with Crippen molar-refractivity contribution in [3.63, 3.8) is 0 Å². The Labute approximate surface area is 174 Å². The highest BCUT2D eigenvalue weighted by Crippen LogP contribution is 2.34. The van der Waals surface area contributed by atoms with E-state index in [0.717, 1.165) is 47.6 Å². The quantitative estimate of drug-likeness (QED) is 0.443. The number of aromatic nitrogens is 2. The maximum absolute atomic E-state index is 12.7. The Morgan fingerprint density at radius 3 is 2.68 bits per heavy atom. The number of hydrogen-bond donors (Lipinski definition) is 0. The molecule has 4 rings (SSSR count). The summed E-state index contributed by atoms with van der Waals surface area (Å²) >= 11 is 3.24. The van der Waals surface area contributed by atoms with Crippen LogP contribution in [0.5, 0.6) is 0 Å². The van der Waals surface area contributed by atoms with Crippen LogP contribution in [0.25, 0.3) is 10.2 Å². The first kappa shape index (κ1) is 19.4. The van der Waals surface area contributed by atoms with Gasteiger partial charge in [-0.25, -0.2) is 9.97 Å². The van der Waals surface area contributed by atoms with E-state index in [1.165, 1.54) is 16.0 Å². The summed E-state index contributed by atoms with van der Waals surface area (Å²) < 4.78 is 0. The van der Waals surface area contributed by atoms with Gasteiger partial charge in [0, 0.05) is 23.4 Å². The molecule has 2 aromatic heterocycles. The third kappa shape index (κ3) is 4.23. The number of aryl methyl sites for hydroxylation is 2.